The Morgan fingerprint density at radius 2 is 2.45 bits per heavy atom. The Kier molecular flexibility index (Phi) is 3.84. The van der Waals surface area contributed by atoms with E-state index in [2.05, 4.69) is 9.88 Å². The number of morpholine rings is 1. The van der Waals surface area contributed by atoms with Crippen molar-refractivity contribution in [1.82, 2.24) is 14.3 Å². The molecule has 1 fully saturated rings. The zero-order chi connectivity index (χ0) is 14.1. The van der Waals surface area contributed by atoms with Crippen molar-refractivity contribution in [2.75, 3.05) is 26.4 Å². The van der Waals surface area contributed by atoms with E-state index in [1.807, 2.05) is 12.3 Å². The number of ether oxygens (including phenoxy) is 1. The number of thiazole rings is 1. The van der Waals surface area contributed by atoms with Crippen molar-refractivity contribution in [3.05, 3.63) is 33.2 Å². The number of fused-ring (bicyclic) bond motifs is 1. The summed E-state index contributed by atoms with van der Waals surface area (Å²) in [4.78, 5) is 19.5. The van der Waals surface area contributed by atoms with E-state index in [1.165, 1.54) is 11.3 Å². The minimum Gasteiger partial charge on any atom is -0.395 e. The predicted octanol–water partition coefficient (Wildman–Crippen LogP) is 0.258. The van der Waals surface area contributed by atoms with Crippen LogP contribution in [0.4, 0.5) is 0 Å². The van der Waals surface area contributed by atoms with Crippen LogP contribution >= 0.6 is 11.3 Å². The summed E-state index contributed by atoms with van der Waals surface area (Å²) < 4.78 is 6.97. The van der Waals surface area contributed by atoms with Crippen LogP contribution in [0.25, 0.3) is 4.96 Å². The maximum absolute atomic E-state index is 12.1. The second-order valence-electron chi connectivity index (χ2n) is 4.96. The molecule has 0 aromatic carbocycles. The first-order valence-corrected chi connectivity index (χ1v) is 7.46. The number of aliphatic hydroxyl groups excluding tert-OH is 1. The van der Waals surface area contributed by atoms with Gasteiger partial charge in [-0.1, -0.05) is 0 Å². The molecule has 1 aliphatic heterocycles. The zero-order valence-corrected chi connectivity index (χ0v) is 12.1. The van der Waals surface area contributed by atoms with Gasteiger partial charge in [0.25, 0.3) is 5.56 Å². The summed E-state index contributed by atoms with van der Waals surface area (Å²) >= 11 is 1.47. The highest BCUT2D eigenvalue weighted by molar-refractivity contribution is 7.15. The van der Waals surface area contributed by atoms with E-state index in [0.717, 1.165) is 22.9 Å². The molecule has 0 aliphatic carbocycles. The third-order valence-corrected chi connectivity index (χ3v) is 4.50. The number of hydrogen-bond acceptors (Lipinski definition) is 6. The molecule has 1 unspecified atom stereocenters. The fraction of sp³-hybridized carbons (Fsp3) is 0.538. The summed E-state index contributed by atoms with van der Waals surface area (Å²) in [7, 11) is 0. The van der Waals surface area contributed by atoms with Gasteiger partial charge >= 0.3 is 0 Å². The highest BCUT2D eigenvalue weighted by Crippen LogP contribution is 2.14. The molecule has 2 aromatic heterocycles. The van der Waals surface area contributed by atoms with Crippen molar-refractivity contribution in [3.63, 3.8) is 0 Å². The van der Waals surface area contributed by atoms with Gasteiger partial charge in [0.2, 0.25) is 0 Å². The Morgan fingerprint density at radius 3 is 3.25 bits per heavy atom. The van der Waals surface area contributed by atoms with E-state index in [1.54, 1.807) is 10.5 Å². The summed E-state index contributed by atoms with van der Waals surface area (Å²) in [6, 6.07) is 1.56. The summed E-state index contributed by atoms with van der Waals surface area (Å²) in [6.07, 6.45) is 0. The first kappa shape index (κ1) is 13.7. The SMILES string of the molecule is Cc1csc2nc(CN3CCOCC3CO)cc(=O)n12. The van der Waals surface area contributed by atoms with Crippen LogP contribution in [0.2, 0.25) is 0 Å². The second-order valence-corrected chi connectivity index (χ2v) is 5.80. The molecule has 0 spiro atoms. The molecule has 0 radical (unpaired) electrons. The van der Waals surface area contributed by atoms with E-state index in [-0.39, 0.29) is 18.2 Å². The summed E-state index contributed by atoms with van der Waals surface area (Å²) in [6.45, 7) is 4.44. The van der Waals surface area contributed by atoms with Gasteiger partial charge in [-0.25, -0.2) is 4.98 Å². The molecular weight excluding hydrogens is 278 g/mol. The molecule has 20 heavy (non-hydrogen) atoms. The van der Waals surface area contributed by atoms with Gasteiger partial charge in [-0.05, 0) is 6.92 Å². The molecule has 0 amide bonds. The van der Waals surface area contributed by atoms with Crippen molar-refractivity contribution in [1.29, 1.82) is 0 Å². The van der Waals surface area contributed by atoms with Crippen molar-refractivity contribution >= 4 is 16.3 Å². The number of aromatic nitrogens is 2. The Hall–Kier alpha value is -1.28. The molecule has 3 heterocycles. The lowest BCUT2D eigenvalue weighted by molar-refractivity contribution is -0.0317. The lowest BCUT2D eigenvalue weighted by atomic mass is 10.2. The minimum absolute atomic E-state index is 0.0194. The topological polar surface area (TPSA) is 67.1 Å². The van der Waals surface area contributed by atoms with E-state index in [9.17, 15) is 9.90 Å². The number of rotatable bonds is 3. The van der Waals surface area contributed by atoms with Crippen molar-refractivity contribution in [3.8, 4) is 0 Å². The van der Waals surface area contributed by atoms with E-state index in [0.29, 0.717) is 19.8 Å². The third-order valence-electron chi connectivity index (χ3n) is 3.55. The maximum Gasteiger partial charge on any atom is 0.259 e. The second kappa shape index (κ2) is 5.61. The molecule has 0 bridgehead atoms. The molecular formula is C13H17N3O3S. The van der Waals surface area contributed by atoms with Gasteiger partial charge in [0.1, 0.15) is 0 Å². The highest BCUT2D eigenvalue weighted by atomic mass is 32.1. The molecule has 6 nitrogen and oxygen atoms in total. The number of hydrogen-bond donors (Lipinski definition) is 1. The predicted molar refractivity (Wildman–Crippen MR) is 76.2 cm³/mol. The summed E-state index contributed by atoms with van der Waals surface area (Å²) in [5, 5.41) is 11.3. The highest BCUT2D eigenvalue weighted by Gasteiger charge is 2.23. The third kappa shape index (κ3) is 2.49. The Bertz CT molecular complexity index is 666. The molecule has 1 aliphatic rings. The quantitative estimate of drug-likeness (QED) is 0.879. The van der Waals surface area contributed by atoms with Crippen molar-refractivity contribution in [2.24, 2.45) is 0 Å². The van der Waals surface area contributed by atoms with Crippen LogP contribution in [0.3, 0.4) is 0 Å². The Morgan fingerprint density at radius 1 is 1.60 bits per heavy atom. The maximum atomic E-state index is 12.1. The van der Waals surface area contributed by atoms with Crippen LogP contribution < -0.4 is 5.56 Å². The average Bonchev–Trinajstić information content (AvgIpc) is 2.81. The van der Waals surface area contributed by atoms with E-state index in [4.69, 9.17) is 4.74 Å². The fourth-order valence-corrected chi connectivity index (χ4v) is 3.35. The lowest BCUT2D eigenvalue weighted by Crippen LogP contribution is -2.47. The Balaban J connectivity index is 1.89. The monoisotopic (exact) mass is 295 g/mol. The molecule has 1 atom stereocenters. The van der Waals surface area contributed by atoms with E-state index >= 15 is 0 Å². The molecule has 1 saturated heterocycles. The molecule has 1 N–H and O–H groups in total. The largest absolute Gasteiger partial charge is 0.395 e. The zero-order valence-electron chi connectivity index (χ0n) is 11.3. The first-order valence-electron chi connectivity index (χ1n) is 6.58. The van der Waals surface area contributed by atoms with Gasteiger partial charge in [-0.2, -0.15) is 0 Å². The van der Waals surface area contributed by atoms with Crippen LogP contribution in [-0.4, -0.2) is 51.8 Å². The van der Waals surface area contributed by atoms with Crippen LogP contribution in [0.1, 0.15) is 11.4 Å². The molecule has 108 valence electrons. The van der Waals surface area contributed by atoms with Gasteiger partial charge in [-0.15, -0.1) is 11.3 Å². The van der Waals surface area contributed by atoms with Gasteiger partial charge in [0.05, 0.1) is 31.6 Å². The number of aryl methyl sites for hydroxylation is 1. The first-order chi connectivity index (χ1) is 9.69. The van der Waals surface area contributed by atoms with Gasteiger partial charge in [0, 0.05) is 30.2 Å². The van der Waals surface area contributed by atoms with Crippen molar-refractivity contribution < 1.29 is 9.84 Å². The lowest BCUT2D eigenvalue weighted by Gasteiger charge is -2.33. The molecule has 0 saturated carbocycles. The van der Waals surface area contributed by atoms with Crippen LogP contribution in [0, 0.1) is 6.92 Å². The van der Waals surface area contributed by atoms with Crippen LogP contribution in [0.15, 0.2) is 16.2 Å². The molecule has 2 aromatic rings. The average molecular weight is 295 g/mol. The molecule has 7 heteroatoms. The van der Waals surface area contributed by atoms with Crippen molar-refractivity contribution in [2.45, 2.75) is 19.5 Å². The number of aliphatic hydroxyl groups is 1. The summed E-state index contributed by atoms with van der Waals surface area (Å²) in [5.74, 6) is 0. The minimum atomic E-state index is -0.0439. The number of nitrogens with zero attached hydrogens (tertiary/aromatic N) is 3. The molecule has 3 rings (SSSR count). The van der Waals surface area contributed by atoms with Crippen LogP contribution in [0.5, 0.6) is 0 Å². The smallest absolute Gasteiger partial charge is 0.259 e. The van der Waals surface area contributed by atoms with Gasteiger partial charge in [-0.3, -0.25) is 14.1 Å². The fourth-order valence-electron chi connectivity index (χ4n) is 2.46. The van der Waals surface area contributed by atoms with Gasteiger partial charge in [0.15, 0.2) is 4.96 Å². The van der Waals surface area contributed by atoms with Gasteiger partial charge < -0.3 is 9.84 Å². The Labute approximate surface area is 120 Å². The standard InChI is InChI=1S/C13H17N3O3S/c1-9-8-20-13-14-10(4-12(18)16(9)13)5-15-2-3-19-7-11(15)6-17/h4,8,11,17H,2-3,5-7H2,1H3. The van der Waals surface area contributed by atoms with Crippen LogP contribution in [-0.2, 0) is 11.3 Å². The van der Waals surface area contributed by atoms with E-state index < -0.39 is 0 Å². The normalized spacial score (nSPS) is 20.6. The summed E-state index contributed by atoms with van der Waals surface area (Å²) in [5.41, 5.74) is 1.61.